The van der Waals surface area contributed by atoms with Crippen molar-refractivity contribution in [2.24, 2.45) is 0 Å². The molecule has 4 rings (SSSR count). The van der Waals surface area contributed by atoms with E-state index in [1.165, 1.54) is 30.4 Å². The van der Waals surface area contributed by atoms with E-state index in [0.717, 1.165) is 36.5 Å². The molecule has 2 heterocycles. The topological polar surface area (TPSA) is 73.1 Å². The first kappa shape index (κ1) is 19.5. The Hall–Kier alpha value is -2.86. The number of piperidine rings is 1. The van der Waals surface area contributed by atoms with Crippen LogP contribution in [0, 0.1) is 0 Å². The third kappa shape index (κ3) is 4.95. The van der Waals surface area contributed by atoms with Crippen LogP contribution >= 0.6 is 0 Å². The van der Waals surface area contributed by atoms with Gasteiger partial charge in [0.15, 0.2) is 0 Å². The lowest BCUT2D eigenvalue weighted by Crippen LogP contribution is -2.37. The second-order valence-electron chi connectivity index (χ2n) is 7.79. The van der Waals surface area contributed by atoms with Gasteiger partial charge in [-0.15, -0.1) is 0 Å². The van der Waals surface area contributed by atoms with E-state index < -0.39 is 0 Å². The molecule has 6 heteroatoms. The van der Waals surface area contributed by atoms with Crippen LogP contribution in [-0.4, -0.2) is 34.0 Å². The Balaban J connectivity index is 1.33. The van der Waals surface area contributed by atoms with Gasteiger partial charge in [0.05, 0.1) is 17.1 Å². The van der Waals surface area contributed by atoms with E-state index in [9.17, 15) is 4.79 Å². The molecule has 0 saturated carbocycles. The van der Waals surface area contributed by atoms with Gasteiger partial charge in [0.25, 0.3) is 0 Å². The Morgan fingerprint density at radius 3 is 2.59 bits per heavy atom. The third-order valence-electron chi connectivity index (χ3n) is 5.57. The van der Waals surface area contributed by atoms with Gasteiger partial charge in [-0.3, -0.25) is 4.90 Å². The summed E-state index contributed by atoms with van der Waals surface area (Å²) in [6.07, 6.45) is 3.90. The standard InChI is InChI=1S/C23H29N5O/c1-17(22-26-20-11-5-6-12-21(20)27-22)25-23(29)24-15-18-9-3-4-10-19(18)16-28-13-7-2-8-14-28/h3-6,9-12,17H,2,7-8,13-16H2,1H3,(H,26,27)(H2,24,25,29). The minimum Gasteiger partial charge on any atom is -0.340 e. The molecule has 1 aromatic heterocycles. The van der Waals surface area contributed by atoms with Crippen molar-refractivity contribution in [3.8, 4) is 0 Å². The van der Waals surface area contributed by atoms with Gasteiger partial charge in [-0.2, -0.15) is 0 Å². The number of imidazole rings is 1. The number of para-hydroxylation sites is 2. The van der Waals surface area contributed by atoms with E-state index in [1.807, 2.05) is 37.3 Å². The summed E-state index contributed by atoms with van der Waals surface area (Å²) in [5.41, 5.74) is 4.34. The van der Waals surface area contributed by atoms with E-state index >= 15 is 0 Å². The van der Waals surface area contributed by atoms with Gasteiger partial charge in [-0.1, -0.05) is 42.8 Å². The van der Waals surface area contributed by atoms with E-state index in [4.69, 9.17) is 0 Å². The van der Waals surface area contributed by atoms with E-state index in [-0.39, 0.29) is 12.1 Å². The van der Waals surface area contributed by atoms with Gasteiger partial charge in [-0.25, -0.2) is 9.78 Å². The number of fused-ring (bicyclic) bond motifs is 1. The number of urea groups is 1. The summed E-state index contributed by atoms with van der Waals surface area (Å²) < 4.78 is 0. The number of carbonyl (C=O) groups excluding carboxylic acids is 1. The monoisotopic (exact) mass is 391 g/mol. The maximum absolute atomic E-state index is 12.4. The molecule has 2 aromatic carbocycles. The fourth-order valence-corrected chi connectivity index (χ4v) is 3.91. The largest absolute Gasteiger partial charge is 0.340 e. The Labute approximate surface area is 171 Å². The number of amides is 2. The van der Waals surface area contributed by atoms with Crippen molar-refractivity contribution in [3.63, 3.8) is 0 Å². The lowest BCUT2D eigenvalue weighted by molar-refractivity contribution is 0.220. The van der Waals surface area contributed by atoms with Crippen LogP contribution in [0.1, 0.15) is 49.2 Å². The molecule has 1 aliphatic rings. The molecule has 3 N–H and O–H groups in total. The van der Waals surface area contributed by atoms with Gasteiger partial charge >= 0.3 is 6.03 Å². The van der Waals surface area contributed by atoms with Crippen molar-refractivity contribution < 1.29 is 4.79 Å². The van der Waals surface area contributed by atoms with E-state index in [2.05, 4.69) is 43.7 Å². The molecule has 29 heavy (non-hydrogen) atoms. The van der Waals surface area contributed by atoms with Crippen LogP contribution in [0.2, 0.25) is 0 Å². The summed E-state index contributed by atoms with van der Waals surface area (Å²) in [5.74, 6) is 0.756. The second-order valence-corrected chi connectivity index (χ2v) is 7.79. The third-order valence-corrected chi connectivity index (χ3v) is 5.57. The molecule has 1 saturated heterocycles. The van der Waals surface area contributed by atoms with E-state index in [1.54, 1.807) is 0 Å². The average Bonchev–Trinajstić information content (AvgIpc) is 3.18. The summed E-state index contributed by atoms with van der Waals surface area (Å²) in [6, 6.07) is 15.9. The number of likely N-dealkylation sites (tertiary alicyclic amines) is 1. The predicted molar refractivity (Wildman–Crippen MR) is 115 cm³/mol. The van der Waals surface area contributed by atoms with Crippen LogP contribution in [0.25, 0.3) is 11.0 Å². The molecule has 2 amide bonds. The average molecular weight is 392 g/mol. The van der Waals surface area contributed by atoms with Crippen molar-refractivity contribution >= 4 is 17.1 Å². The molecule has 0 spiro atoms. The zero-order valence-corrected chi connectivity index (χ0v) is 16.9. The van der Waals surface area contributed by atoms with Gasteiger partial charge in [-0.05, 0) is 56.1 Å². The number of nitrogens with zero attached hydrogens (tertiary/aromatic N) is 2. The van der Waals surface area contributed by atoms with Gasteiger partial charge in [0.2, 0.25) is 0 Å². The molecule has 0 aliphatic carbocycles. The fraction of sp³-hybridized carbons (Fsp3) is 0.391. The molecule has 1 unspecified atom stereocenters. The summed E-state index contributed by atoms with van der Waals surface area (Å²) in [4.78, 5) is 22.8. The molecule has 1 atom stereocenters. The van der Waals surface area contributed by atoms with Gasteiger partial charge in [0.1, 0.15) is 5.82 Å². The SMILES string of the molecule is CC(NC(=O)NCc1ccccc1CN1CCCCC1)c1nc2ccccc2[nH]1. The maximum atomic E-state index is 12.4. The summed E-state index contributed by atoms with van der Waals surface area (Å²) in [7, 11) is 0. The number of nitrogens with one attached hydrogen (secondary N) is 3. The highest BCUT2D eigenvalue weighted by Crippen LogP contribution is 2.17. The number of hydrogen-bond donors (Lipinski definition) is 3. The predicted octanol–water partition coefficient (Wildman–Crippen LogP) is 4.11. The van der Waals surface area contributed by atoms with Crippen molar-refractivity contribution in [1.82, 2.24) is 25.5 Å². The number of aromatic amines is 1. The second kappa shape index (κ2) is 9.09. The highest BCUT2D eigenvalue weighted by Gasteiger charge is 2.15. The molecular formula is C23H29N5O. The molecule has 1 aliphatic heterocycles. The number of H-pyrrole nitrogens is 1. The van der Waals surface area contributed by atoms with Crippen LogP contribution in [-0.2, 0) is 13.1 Å². The minimum absolute atomic E-state index is 0.189. The van der Waals surface area contributed by atoms with Crippen LogP contribution in [0.5, 0.6) is 0 Å². The Morgan fingerprint density at radius 2 is 1.79 bits per heavy atom. The maximum Gasteiger partial charge on any atom is 0.315 e. The number of rotatable bonds is 6. The van der Waals surface area contributed by atoms with Crippen LogP contribution < -0.4 is 10.6 Å². The first-order valence-corrected chi connectivity index (χ1v) is 10.5. The highest BCUT2D eigenvalue weighted by molar-refractivity contribution is 5.76. The molecule has 0 radical (unpaired) electrons. The van der Waals surface area contributed by atoms with Crippen LogP contribution in [0.3, 0.4) is 0 Å². The Bertz CT molecular complexity index is 928. The van der Waals surface area contributed by atoms with Crippen molar-refractivity contribution in [1.29, 1.82) is 0 Å². The first-order chi connectivity index (χ1) is 14.2. The lowest BCUT2D eigenvalue weighted by Gasteiger charge is -2.27. The molecule has 152 valence electrons. The number of hydrogen-bond acceptors (Lipinski definition) is 3. The zero-order valence-electron chi connectivity index (χ0n) is 16.9. The summed E-state index contributed by atoms with van der Waals surface area (Å²) >= 11 is 0. The van der Waals surface area contributed by atoms with Crippen LogP contribution in [0.4, 0.5) is 4.79 Å². The fourth-order valence-electron chi connectivity index (χ4n) is 3.91. The smallest absolute Gasteiger partial charge is 0.315 e. The normalized spacial score (nSPS) is 15.9. The lowest BCUT2D eigenvalue weighted by atomic mass is 10.0. The number of benzene rings is 2. The quantitative estimate of drug-likeness (QED) is 0.592. The van der Waals surface area contributed by atoms with Gasteiger partial charge < -0.3 is 15.6 Å². The highest BCUT2D eigenvalue weighted by atomic mass is 16.2. The van der Waals surface area contributed by atoms with Crippen molar-refractivity contribution in [2.45, 2.75) is 45.3 Å². The number of aromatic nitrogens is 2. The molecule has 0 bridgehead atoms. The summed E-state index contributed by atoms with van der Waals surface area (Å²) in [5, 5.41) is 5.97. The Kier molecular flexibility index (Phi) is 6.10. The first-order valence-electron chi connectivity index (χ1n) is 10.5. The molecule has 1 fully saturated rings. The molecular weight excluding hydrogens is 362 g/mol. The van der Waals surface area contributed by atoms with E-state index in [0.29, 0.717) is 6.54 Å². The van der Waals surface area contributed by atoms with Crippen LogP contribution in [0.15, 0.2) is 48.5 Å². The van der Waals surface area contributed by atoms with Crippen molar-refractivity contribution in [2.75, 3.05) is 13.1 Å². The Morgan fingerprint density at radius 1 is 1.07 bits per heavy atom. The van der Waals surface area contributed by atoms with Crippen molar-refractivity contribution in [3.05, 3.63) is 65.5 Å². The zero-order chi connectivity index (χ0) is 20.1. The minimum atomic E-state index is -0.203. The number of carbonyl (C=O) groups is 1. The molecule has 3 aromatic rings. The van der Waals surface area contributed by atoms with Gasteiger partial charge in [0, 0.05) is 13.1 Å². The molecule has 6 nitrogen and oxygen atoms in total. The summed E-state index contributed by atoms with van der Waals surface area (Å²) in [6.45, 7) is 5.73.